The topological polar surface area (TPSA) is 3.24 Å². The summed E-state index contributed by atoms with van der Waals surface area (Å²) in [5.41, 5.74) is 0. The van der Waals surface area contributed by atoms with Crippen LogP contribution in [-0.2, 0) is 0 Å². The number of hydrogen-bond acceptors (Lipinski definition) is 2. The van der Waals surface area contributed by atoms with E-state index in [1.807, 2.05) is 11.8 Å². The molecule has 0 aromatic rings. The summed E-state index contributed by atoms with van der Waals surface area (Å²) in [6.07, 6.45) is 1.19. The molecule has 0 fully saturated rings. The highest BCUT2D eigenvalue weighted by molar-refractivity contribution is 8.23. The molecule has 0 amide bonds. The van der Waals surface area contributed by atoms with Gasteiger partial charge in [0.15, 0.2) is 0 Å². The van der Waals surface area contributed by atoms with E-state index in [9.17, 15) is 0 Å². The first kappa shape index (κ1) is 12.2. The fourth-order valence-corrected chi connectivity index (χ4v) is 2.48. The Morgan fingerprint density at radius 2 is 1.83 bits per heavy atom. The molecule has 1 atom stereocenters. The van der Waals surface area contributed by atoms with Crippen LogP contribution < -0.4 is 0 Å². The van der Waals surface area contributed by atoms with Crippen molar-refractivity contribution in [3.8, 4) is 0 Å². The third kappa shape index (κ3) is 4.31. The molecule has 0 N–H and O–H groups in total. The predicted octanol–water partition coefficient (Wildman–Crippen LogP) is 3.14. The fourth-order valence-electron chi connectivity index (χ4n) is 0.812. The first-order valence-corrected chi connectivity index (χ1v) is 5.89. The zero-order valence-corrected chi connectivity index (χ0v) is 10.1. The van der Waals surface area contributed by atoms with Crippen LogP contribution in [0.2, 0.25) is 0 Å². The van der Waals surface area contributed by atoms with Crippen LogP contribution in [0.3, 0.4) is 0 Å². The quantitative estimate of drug-likeness (QED) is 0.649. The summed E-state index contributed by atoms with van der Waals surface area (Å²) < 4.78 is 1.05. The minimum atomic E-state index is 0.651. The van der Waals surface area contributed by atoms with Crippen molar-refractivity contribution in [2.75, 3.05) is 13.1 Å². The van der Waals surface area contributed by atoms with Gasteiger partial charge in [-0.05, 0) is 20.3 Å². The van der Waals surface area contributed by atoms with Crippen LogP contribution in [-0.4, -0.2) is 27.6 Å². The lowest BCUT2D eigenvalue weighted by Gasteiger charge is -2.22. The van der Waals surface area contributed by atoms with Gasteiger partial charge in [-0.25, -0.2) is 0 Å². The molecule has 0 bridgehead atoms. The van der Waals surface area contributed by atoms with E-state index in [0.29, 0.717) is 5.25 Å². The van der Waals surface area contributed by atoms with Gasteiger partial charge in [0.25, 0.3) is 0 Å². The SMILES string of the molecule is CCC(C)SC(=S)N(CC)CC. The molecule has 0 aliphatic carbocycles. The van der Waals surface area contributed by atoms with Gasteiger partial charge < -0.3 is 4.90 Å². The van der Waals surface area contributed by atoms with Crippen LogP contribution in [0.5, 0.6) is 0 Å². The molecule has 0 aromatic heterocycles. The third-order valence-electron chi connectivity index (χ3n) is 1.90. The van der Waals surface area contributed by atoms with E-state index in [0.717, 1.165) is 17.4 Å². The van der Waals surface area contributed by atoms with Crippen LogP contribution in [0.1, 0.15) is 34.1 Å². The zero-order valence-electron chi connectivity index (χ0n) is 8.46. The van der Waals surface area contributed by atoms with Gasteiger partial charge in [0.1, 0.15) is 4.32 Å². The minimum Gasteiger partial charge on any atom is -0.358 e. The van der Waals surface area contributed by atoms with Crippen LogP contribution in [0.15, 0.2) is 0 Å². The van der Waals surface area contributed by atoms with Crippen LogP contribution >= 0.6 is 24.0 Å². The second-order valence-electron chi connectivity index (χ2n) is 2.77. The van der Waals surface area contributed by atoms with Crippen molar-refractivity contribution in [2.24, 2.45) is 0 Å². The third-order valence-corrected chi connectivity index (χ3v) is 3.64. The average molecular weight is 205 g/mol. The number of nitrogens with zero attached hydrogens (tertiary/aromatic N) is 1. The molecule has 0 saturated heterocycles. The van der Waals surface area contributed by atoms with Crippen molar-refractivity contribution in [1.29, 1.82) is 0 Å². The van der Waals surface area contributed by atoms with Gasteiger partial charge >= 0.3 is 0 Å². The molecule has 0 heterocycles. The lowest BCUT2D eigenvalue weighted by molar-refractivity contribution is 0.482. The molecule has 0 radical (unpaired) electrons. The van der Waals surface area contributed by atoms with E-state index >= 15 is 0 Å². The highest BCUT2D eigenvalue weighted by Gasteiger charge is 2.08. The monoisotopic (exact) mass is 205 g/mol. The van der Waals surface area contributed by atoms with E-state index in [4.69, 9.17) is 12.2 Å². The van der Waals surface area contributed by atoms with Gasteiger partial charge in [0, 0.05) is 18.3 Å². The van der Waals surface area contributed by atoms with E-state index in [1.165, 1.54) is 6.42 Å². The van der Waals surface area contributed by atoms with Crippen LogP contribution in [0.25, 0.3) is 0 Å². The molecule has 72 valence electrons. The Balaban J connectivity index is 3.84. The first-order valence-electron chi connectivity index (χ1n) is 4.61. The summed E-state index contributed by atoms with van der Waals surface area (Å²) in [5, 5.41) is 0.651. The highest BCUT2D eigenvalue weighted by atomic mass is 32.2. The molecule has 0 aromatic carbocycles. The van der Waals surface area contributed by atoms with Gasteiger partial charge in [-0.15, -0.1) is 0 Å². The van der Waals surface area contributed by atoms with E-state index in [2.05, 4.69) is 32.6 Å². The number of hydrogen-bond donors (Lipinski definition) is 0. The molecule has 3 heteroatoms. The molecular weight excluding hydrogens is 186 g/mol. The van der Waals surface area contributed by atoms with Crippen molar-refractivity contribution in [3.63, 3.8) is 0 Å². The lowest BCUT2D eigenvalue weighted by atomic mass is 10.4. The molecule has 0 saturated carbocycles. The highest BCUT2D eigenvalue weighted by Crippen LogP contribution is 2.17. The van der Waals surface area contributed by atoms with Crippen LogP contribution in [0, 0.1) is 0 Å². The van der Waals surface area contributed by atoms with Crippen molar-refractivity contribution >= 4 is 28.3 Å². The largest absolute Gasteiger partial charge is 0.358 e. The Morgan fingerprint density at radius 3 is 2.17 bits per heavy atom. The number of thiocarbonyl (C=S) groups is 1. The van der Waals surface area contributed by atoms with Gasteiger partial charge in [0.2, 0.25) is 0 Å². The normalized spacial score (nSPS) is 12.7. The van der Waals surface area contributed by atoms with Crippen molar-refractivity contribution in [3.05, 3.63) is 0 Å². The van der Waals surface area contributed by atoms with E-state index in [1.54, 1.807) is 0 Å². The second-order valence-corrected chi connectivity index (χ2v) is 4.85. The maximum Gasteiger partial charge on any atom is 0.136 e. The Hall–Kier alpha value is 0.240. The Morgan fingerprint density at radius 1 is 1.33 bits per heavy atom. The Bertz CT molecular complexity index is 132. The number of rotatable bonds is 4. The van der Waals surface area contributed by atoms with Gasteiger partial charge in [0.05, 0.1) is 0 Å². The van der Waals surface area contributed by atoms with Crippen molar-refractivity contribution in [1.82, 2.24) is 4.90 Å². The molecule has 0 spiro atoms. The van der Waals surface area contributed by atoms with Gasteiger partial charge in [-0.1, -0.05) is 37.8 Å². The maximum atomic E-state index is 5.31. The average Bonchev–Trinajstić information content (AvgIpc) is 2.06. The lowest BCUT2D eigenvalue weighted by Crippen LogP contribution is -2.27. The molecular formula is C9H19NS2. The van der Waals surface area contributed by atoms with Gasteiger partial charge in [-0.2, -0.15) is 0 Å². The van der Waals surface area contributed by atoms with Crippen molar-refractivity contribution in [2.45, 2.75) is 39.4 Å². The molecule has 1 nitrogen and oxygen atoms in total. The summed E-state index contributed by atoms with van der Waals surface area (Å²) in [7, 11) is 0. The fraction of sp³-hybridized carbons (Fsp3) is 0.889. The zero-order chi connectivity index (χ0) is 9.56. The summed E-state index contributed by atoms with van der Waals surface area (Å²) >= 11 is 7.12. The number of thioether (sulfide) groups is 1. The maximum absolute atomic E-state index is 5.31. The molecule has 0 aliphatic rings. The Kier molecular flexibility index (Phi) is 6.86. The summed E-state index contributed by atoms with van der Waals surface area (Å²) in [5.74, 6) is 0. The van der Waals surface area contributed by atoms with E-state index < -0.39 is 0 Å². The molecule has 0 aliphatic heterocycles. The molecule has 12 heavy (non-hydrogen) atoms. The second kappa shape index (κ2) is 6.72. The summed E-state index contributed by atoms with van der Waals surface area (Å²) in [4.78, 5) is 2.23. The van der Waals surface area contributed by atoms with Gasteiger partial charge in [-0.3, -0.25) is 0 Å². The first-order chi connectivity index (χ1) is 5.65. The molecule has 0 rings (SSSR count). The molecule has 1 unspecified atom stereocenters. The predicted molar refractivity (Wildman–Crippen MR) is 62.9 cm³/mol. The minimum absolute atomic E-state index is 0.651. The van der Waals surface area contributed by atoms with Crippen molar-refractivity contribution < 1.29 is 0 Å². The summed E-state index contributed by atoms with van der Waals surface area (Å²) in [6, 6.07) is 0. The smallest absolute Gasteiger partial charge is 0.136 e. The Labute approximate surface area is 85.9 Å². The standard InChI is InChI=1S/C9H19NS2/c1-5-8(4)12-9(11)10(6-2)7-3/h8H,5-7H2,1-4H3. The summed E-state index contributed by atoms with van der Waals surface area (Å²) in [6.45, 7) is 10.8. The van der Waals surface area contributed by atoms with Crippen LogP contribution in [0.4, 0.5) is 0 Å². The van der Waals surface area contributed by atoms with E-state index in [-0.39, 0.29) is 0 Å².